The molecule has 1 atom stereocenters. The Labute approximate surface area is 136 Å². The van der Waals surface area contributed by atoms with Gasteiger partial charge in [0, 0.05) is 6.54 Å². The Morgan fingerprint density at radius 2 is 2.00 bits per heavy atom. The van der Waals surface area contributed by atoms with Crippen LogP contribution < -0.4 is 4.74 Å². The number of piperidine rings is 1. The Morgan fingerprint density at radius 1 is 1.35 bits per heavy atom. The van der Waals surface area contributed by atoms with Crippen molar-refractivity contribution >= 4 is 5.97 Å². The van der Waals surface area contributed by atoms with Crippen LogP contribution in [-0.2, 0) is 9.53 Å². The third kappa shape index (κ3) is 5.80. The standard InChI is InChI=1S/C17H24FNO4/c1-2-22-17(21)13-7-9-19(10-8-13)11-15(20)12-23-16-5-3-14(18)4-6-16/h3-6,13,15,20H,2,7-12H2,1H3. The number of aliphatic hydroxyl groups excluding tert-OH is 1. The zero-order valence-electron chi connectivity index (χ0n) is 13.4. The summed E-state index contributed by atoms with van der Waals surface area (Å²) in [4.78, 5) is 13.8. The Bertz CT molecular complexity index is 486. The Kier molecular flexibility index (Phi) is 6.80. The molecule has 1 saturated heterocycles. The van der Waals surface area contributed by atoms with Crippen LogP contribution in [0.15, 0.2) is 24.3 Å². The summed E-state index contributed by atoms with van der Waals surface area (Å²) < 4.78 is 23.3. The van der Waals surface area contributed by atoms with E-state index in [4.69, 9.17) is 9.47 Å². The molecule has 0 radical (unpaired) electrons. The zero-order valence-corrected chi connectivity index (χ0v) is 13.4. The lowest BCUT2D eigenvalue weighted by atomic mass is 9.97. The Morgan fingerprint density at radius 3 is 2.61 bits per heavy atom. The molecule has 5 nitrogen and oxygen atoms in total. The molecule has 1 fully saturated rings. The van der Waals surface area contributed by atoms with Crippen molar-refractivity contribution in [3.05, 3.63) is 30.1 Å². The molecule has 0 bridgehead atoms. The molecule has 0 aromatic heterocycles. The van der Waals surface area contributed by atoms with Crippen LogP contribution in [0.3, 0.4) is 0 Å². The molecule has 128 valence electrons. The van der Waals surface area contributed by atoms with Gasteiger partial charge in [0.15, 0.2) is 0 Å². The summed E-state index contributed by atoms with van der Waals surface area (Å²) in [5, 5.41) is 10.0. The number of esters is 1. The molecule has 0 spiro atoms. The summed E-state index contributed by atoms with van der Waals surface area (Å²) >= 11 is 0. The summed E-state index contributed by atoms with van der Waals surface area (Å²) in [7, 11) is 0. The first-order chi connectivity index (χ1) is 11.1. The van der Waals surface area contributed by atoms with E-state index in [2.05, 4.69) is 4.90 Å². The van der Waals surface area contributed by atoms with E-state index in [0.29, 0.717) is 18.9 Å². The topological polar surface area (TPSA) is 59.0 Å². The molecule has 1 aromatic carbocycles. The molecule has 1 aliphatic heterocycles. The van der Waals surface area contributed by atoms with Crippen molar-refractivity contribution in [3.8, 4) is 5.75 Å². The van der Waals surface area contributed by atoms with Gasteiger partial charge in [-0.3, -0.25) is 4.79 Å². The lowest BCUT2D eigenvalue weighted by molar-refractivity contribution is -0.149. The minimum absolute atomic E-state index is 0.0289. The number of hydrogen-bond acceptors (Lipinski definition) is 5. The second-order valence-corrected chi connectivity index (χ2v) is 5.75. The fourth-order valence-electron chi connectivity index (χ4n) is 2.69. The molecule has 23 heavy (non-hydrogen) atoms. The fourth-order valence-corrected chi connectivity index (χ4v) is 2.69. The zero-order chi connectivity index (χ0) is 16.7. The summed E-state index contributed by atoms with van der Waals surface area (Å²) in [6, 6.07) is 5.71. The van der Waals surface area contributed by atoms with Gasteiger partial charge >= 0.3 is 5.97 Å². The number of aliphatic hydroxyl groups is 1. The number of carbonyl (C=O) groups is 1. The van der Waals surface area contributed by atoms with E-state index < -0.39 is 6.10 Å². The average Bonchev–Trinajstić information content (AvgIpc) is 2.55. The molecule has 1 unspecified atom stereocenters. The van der Waals surface area contributed by atoms with E-state index in [-0.39, 0.29) is 24.3 Å². The number of likely N-dealkylation sites (tertiary alicyclic amines) is 1. The van der Waals surface area contributed by atoms with Gasteiger partial charge in [0.2, 0.25) is 0 Å². The Balaban J connectivity index is 1.67. The van der Waals surface area contributed by atoms with Gasteiger partial charge < -0.3 is 19.5 Å². The monoisotopic (exact) mass is 325 g/mol. The minimum Gasteiger partial charge on any atom is -0.491 e. The number of benzene rings is 1. The van der Waals surface area contributed by atoms with Gasteiger partial charge in [0.25, 0.3) is 0 Å². The first kappa shape index (κ1) is 17.7. The predicted molar refractivity (Wildman–Crippen MR) is 83.7 cm³/mol. The number of rotatable bonds is 7. The molecule has 1 aliphatic rings. The largest absolute Gasteiger partial charge is 0.491 e. The first-order valence-corrected chi connectivity index (χ1v) is 8.04. The van der Waals surface area contributed by atoms with E-state index in [1.165, 1.54) is 24.3 Å². The van der Waals surface area contributed by atoms with Gasteiger partial charge in [-0.1, -0.05) is 0 Å². The van der Waals surface area contributed by atoms with Crippen molar-refractivity contribution in [3.63, 3.8) is 0 Å². The van der Waals surface area contributed by atoms with Crippen molar-refractivity contribution in [2.45, 2.75) is 25.9 Å². The normalized spacial score (nSPS) is 17.7. The predicted octanol–water partition coefficient (Wildman–Crippen LogP) is 1.84. The first-order valence-electron chi connectivity index (χ1n) is 8.04. The van der Waals surface area contributed by atoms with Crippen molar-refractivity contribution in [2.24, 2.45) is 5.92 Å². The molecule has 1 heterocycles. The highest BCUT2D eigenvalue weighted by atomic mass is 19.1. The maximum atomic E-state index is 12.8. The van der Waals surface area contributed by atoms with Gasteiger partial charge in [-0.05, 0) is 57.1 Å². The van der Waals surface area contributed by atoms with Gasteiger partial charge in [-0.25, -0.2) is 4.39 Å². The van der Waals surface area contributed by atoms with E-state index in [1.54, 1.807) is 0 Å². The molecule has 0 aliphatic carbocycles. The number of ether oxygens (including phenoxy) is 2. The maximum Gasteiger partial charge on any atom is 0.309 e. The molecule has 1 N–H and O–H groups in total. The van der Waals surface area contributed by atoms with E-state index >= 15 is 0 Å². The summed E-state index contributed by atoms with van der Waals surface area (Å²) in [5.41, 5.74) is 0. The van der Waals surface area contributed by atoms with Crippen LogP contribution in [-0.4, -0.2) is 54.9 Å². The van der Waals surface area contributed by atoms with E-state index in [1.807, 2.05) is 6.92 Å². The third-order valence-electron chi connectivity index (χ3n) is 3.93. The van der Waals surface area contributed by atoms with Crippen LogP contribution in [0.25, 0.3) is 0 Å². The second kappa shape index (κ2) is 8.84. The molecular formula is C17H24FNO4. The Hall–Kier alpha value is -1.66. The lowest BCUT2D eigenvalue weighted by Gasteiger charge is -2.32. The molecule has 0 amide bonds. The number of carbonyl (C=O) groups excluding carboxylic acids is 1. The van der Waals surface area contributed by atoms with Gasteiger partial charge in [0.05, 0.1) is 12.5 Å². The van der Waals surface area contributed by atoms with E-state index in [9.17, 15) is 14.3 Å². The van der Waals surface area contributed by atoms with E-state index in [0.717, 1.165) is 25.9 Å². The van der Waals surface area contributed by atoms with Crippen LogP contribution in [0.5, 0.6) is 5.75 Å². The van der Waals surface area contributed by atoms with Crippen molar-refractivity contribution in [1.29, 1.82) is 0 Å². The van der Waals surface area contributed by atoms with Crippen LogP contribution in [0.4, 0.5) is 4.39 Å². The highest BCUT2D eigenvalue weighted by molar-refractivity contribution is 5.72. The number of hydrogen-bond donors (Lipinski definition) is 1. The minimum atomic E-state index is -0.626. The third-order valence-corrected chi connectivity index (χ3v) is 3.93. The number of β-amino-alcohol motifs (C(OH)–C–C–N with tert-alkyl or cyclic N) is 1. The second-order valence-electron chi connectivity index (χ2n) is 5.75. The highest BCUT2D eigenvalue weighted by Crippen LogP contribution is 2.19. The van der Waals surface area contributed by atoms with Crippen molar-refractivity contribution < 1.29 is 23.8 Å². The fraction of sp³-hybridized carbons (Fsp3) is 0.588. The average molecular weight is 325 g/mol. The number of nitrogens with zero attached hydrogens (tertiary/aromatic N) is 1. The molecule has 6 heteroatoms. The number of halogens is 1. The van der Waals surface area contributed by atoms with Crippen LogP contribution in [0, 0.1) is 11.7 Å². The van der Waals surface area contributed by atoms with Gasteiger partial charge in [0.1, 0.15) is 24.3 Å². The smallest absolute Gasteiger partial charge is 0.309 e. The summed E-state index contributed by atoms with van der Waals surface area (Å²) in [6.45, 7) is 4.40. The van der Waals surface area contributed by atoms with Gasteiger partial charge in [-0.15, -0.1) is 0 Å². The van der Waals surface area contributed by atoms with Crippen molar-refractivity contribution in [2.75, 3.05) is 32.8 Å². The quantitative estimate of drug-likeness (QED) is 0.775. The summed E-state index contributed by atoms with van der Waals surface area (Å²) in [6.07, 6.45) is 0.883. The highest BCUT2D eigenvalue weighted by Gasteiger charge is 2.26. The SMILES string of the molecule is CCOC(=O)C1CCN(CC(O)COc2ccc(F)cc2)CC1. The lowest BCUT2D eigenvalue weighted by Crippen LogP contribution is -2.42. The summed E-state index contributed by atoms with van der Waals surface area (Å²) in [5.74, 6) is 0.0694. The molecule has 0 saturated carbocycles. The molecular weight excluding hydrogens is 301 g/mol. The van der Waals surface area contributed by atoms with Gasteiger partial charge in [-0.2, -0.15) is 0 Å². The maximum absolute atomic E-state index is 12.8. The van der Waals surface area contributed by atoms with Crippen LogP contribution in [0.1, 0.15) is 19.8 Å². The molecule has 1 aromatic rings. The molecule has 2 rings (SSSR count). The van der Waals surface area contributed by atoms with Crippen LogP contribution in [0.2, 0.25) is 0 Å². The van der Waals surface area contributed by atoms with Crippen LogP contribution >= 0.6 is 0 Å². The van der Waals surface area contributed by atoms with Crippen molar-refractivity contribution in [1.82, 2.24) is 4.90 Å².